The highest BCUT2D eigenvalue weighted by atomic mass is 19.1. The molecule has 1 aromatic heterocycles. The highest BCUT2D eigenvalue weighted by molar-refractivity contribution is 5.89. The molecule has 0 unspecified atom stereocenters. The number of anilines is 1. The number of halogens is 1. The van der Waals surface area contributed by atoms with E-state index in [4.69, 9.17) is 0 Å². The van der Waals surface area contributed by atoms with Crippen LogP contribution in [-0.4, -0.2) is 15.5 Å². The van der Waals surface area contributed by atoms with E-state index in [-0.39, 0.29) is 17.9 Å². The van der Waals surface area contributed by atoms with Gasteiger partial charge in [-0.2, -0.15) is 0 Å². The Morgan fingerprint density at radius 2 is 1.96 bits per heavy atom. The SMILES string of the molecule is Cc1ccc(NC(=O)N2Cc3ccccc3-n3cccc3[C@@H]2C)cc1F. The van der Waals surface area contributed by atoms with E-state index in [1.54, 1.807) is 24.0 Å². The van der Waals surface area contributed by atoms with Crippen molar-refractivity contribution >= 4 is 11.7 Å². The Bertz CT molecular complexity index is 979. The summed E-state index contributed by atoms with van der Waals surface area (Å²) in [4.78, 5) is 14.7. The number of aryl methyl sites for hydroxylation is 1. The van der Waals surface area contributed by atoms with Crippen LogP contribution in [0.2, 0.25) is 0 Å². The number of carbonyl (C=O) groups is 1. The quantitative estimate of drug-likeness (QED) is 0.657. The van der Waals surface area contributed by atoms with Crippen molar-refractivity contribution in [3.8, 4) is 5.69 Å². The fourth-order valence-electron chi connectivity index (χ4n) is 3.43. The molecule has 1 aliphatic rings. The molecule has 2 amide bonds. The minimum absolute atomic E-state index is 0.118. The van der Waals surface area contributed by atoms with Gasteiger partial charge in [-0.15, -0.1) is 0 Å². The van der Waals surface area contributed by atoms with Crippen molar-refractivity contribution in [2.75, 3.05) is 5.32 Å². The zero-order valence-electron chi connectivity index (χ0n) is 14.7. The summed E-state index contributed by atoms with van der Waals surface area (Å²) in [7, 11) is 0. The minimum Gasteiger partial charge on any atom is -0.318 e. The van der Waals surface area contributed by atoms with Crippen molar-refractivity contribution in [2.45, 2.75) is 26.4 Å². The number of rotatable bonds is 1. The zero-order valence-corrected chi connectivity index (χ0v) is 14.7. The van der Waals surface area contributed by atoms with Gasteiger partial charge in [0, 0.05) is 17.6 Å². The number of para-hydroxylation sites is 1. The molecule has 4 nitrogen and oxygen atoms in total. The van der Waals surface area contributed by atoms with Crippen molar-refractivity contribution in [3.05, 3.63) is 83.4 Å². The van der Waals surface area contributed by atoms with Crippen molar-refractivity contribution in [1.29, 1.82) is 0 Å². The Hall–Kier alpha value is -3.08. The van der Waals surface area contributed by atoms with Crippen molar-refractivity contribution in [1.82, 2.24) is 9.47 Å². The van der Waals surface area contributed by atoms with Crippen LogP contribution in [0.25, 0.3) is 5.69 Å². The second-order valence-electron chi connectivity index (χ2n) is 6.63. The van der Waals surface area contributed by atoms with E-state index in [1.807, 2.05) is 43.5 Å². The first kappa shape index (κ1) is 16.4. The molecule has 1 atom stereocenters. The molecule has 0 fully saturated rings. The number of hydrogen-bond acceptors (Lipinski definition) is 1. The van der Waals surface area contributed by atoms with Crippen molar-refractivity contribution < 1.29 is 9.18 Å². The molecule has 2 heterocycles. The number of urea groups is 1. The fraction of sp³-hybridized carbons (Fsp3) is 0.190. The molecule has 3 aromatic rings. The van der Waals surface area contributed by atoms with Crippen LogP contribution in [0.3, 0.4) is 0 Å². The summed E-state index contributed by atoms with van der Waals surface area (Å²) >= 11 is 0. The molecule has 2 aromatic carbocycles. The van der Waals surface area contributed by atoms with Gasteiger partial charge >= 0.3 is 6.03 Å². The first-order chi connectivity index (χ1) is 12.5. The van der Waals surface area contributed by atoms with Gasteiger partial charge in [0.2, 0.25) is 0 Å². The Kier molecular flexibility index (Phi) is 3.99. The van der Waals surface area contributed by atoms with Gasteiger partial charge in [-0.05, 0) is 55.3 Å². The third-order valence-corrected chi connectivity index (χ3v) is 4.95. The summed E-state index contributed by atoms with van der Waals surface area (Å²) < 4.78 is 15.9. The molecule has 0 radical (unpaired) electrons. The second-order valence-corrected chi connectivity index (χ2v) is 6.63. The summed E-state index contributed by atoms with van der Waals surface area (Å²) in [6.07, 6.45) is 2.02. The van der Waals surface area contributed by atoms with Crippen LogP contribution in [0.15, 0.2) is 60.8 Å². The van der Waals surface area contributed by atoms with Gasteiger partial charge in [-0.3, -0.25) is 0 Å². The number of aromatic nitrogens is 1. The van der Waals surface area contributed by atoms with E-state index < -0.39 is 0 Å². The van der Waals surface area contributed by atoms with Gasteiger partial charge in [-0.25, -0.2) is 9.18 Å². The molecule has 0 aliphatic carbocycles. The normalized spacial score (nSPS) is 15.8. The molecular weight excluding hydrogens is 329 g/mol. The maximum absolute atomic E-state index is 13.8. The van der Waals surface area contributed by atoms with Crippen LogP contribution in [0, 0.1) is 12.7 Å². The van der Waals surface area contributed by atoms with Gasteiger partial charge in [0.05, 0.1) is 18.3 Å². The maximum atomic E-state index is 13.8. The van der Waals surface area contributed by atoms with Crippen LogP contribution in [0.5, 0.6) is 0 Å². The van der Waals surface area contributed by atoms with Gasteiger partial charge in [0.1, 0.15) is 5.82 Å². The molecule has 26 heavy (non-hydrogen) atoms. The average Bonchev–Trinajstić information content (AvgIpc) is 3.08. The number of benzene rings is 2. The summed E-state index contributed by atoms with van der Waals surface area (Å²) in [6, 6.07) is 16.4. The number of nitrogens with zero attached hydrogens (tertiary/aromatic N) is 2. The van der Waals surface area contributed by atoms with Gasteiger partial charge in [0.25, 0.3) is 0 Å². The topological polar surface area (TPSA) is 37.3 Å². The molecule has 1 N–H and O–H groups in total. The summed E-state index contributed by atoms with van der Waals surface area (Å²) in [5, 5.41) is 2.83. The molecule has 132 valence electrons. The Morgan fingerprint density at radius 3 is 2.77 bits per heavy atom. The molecule has 0 saturated heterocycles. The number of fused-ring (bicyclic) bond motifs is 3. The van der Waals surface area contributed by atoms with Crippen LogP contribution in [0.4, 0.5) is 14.9 Å². The van der Waals surface area contributed by atoms with E-state index in [0.717, 1.165) is 16.9 Å². The zero-order chi connectivity index (χ0) is 18.3. The van der Waals surface area contributed by atoms with E-state index in [0.29, 0.717) is 17.8 Å². The Labute approximate surface area is 151 Å². The molecule has 4 rings (SSSR count). The minimum atomic E-state index is -0.328. The smallest absolute Gasteiger partial charge is 0.318 e. The lowest BCUT2D eigenvalue weighted by atomic mass is 10.1. The standard InChI is InChI=1S/C21H20FN3O/c1-14-9-10-17(12-18(14)22)23-21(26)25-13-16-6-3-4-7-20(16)24-11-5-8-19(24)15(25)2/h3-12,15H,13H2,1-2H3,(H,23,26)/t15-/m0/s1. The molecule has 0 saturated carbocycles. The largest absolute Gasteiger partial charge is 0.322 e. The lowest BCUT2D eigenvalue weighted by molar-refractivity contribution is 0.189. The number of hydrogen-bond donors (Lipinski definition) is 1. The molecule has 5 heteroatoms. The van der Waals surface area contributed by atoms with Gasteiger partial charge < -0.3 is 14.8 Å². The third kappa shape index (κ3) is 2.75. The van der Waals surface area contributed by atoms with Crippen molar-refractivity contribution in [3.63, 3.8) is 0 Å². The van der Waals surface area contributed by atoms with Crippen LogP contribution in [-0.2, 0) is 6.54 Å². The van der Waals surface area contributed by atoms with E-state index in [1.165, 1.54) is 6.07 Å². The summed E-state index contributed by atoms with van der Waals surface area (Å²) in [5.74, 6) is -0.328. The highest BCUT2D eigenvalue weighted by Gasteiger charge is 2.28. The summed E-state index contributed by atoms with van der Waals surface area (Å²) in [5.41, 5.74) is 4.20. The summed E-state index contributed by atoms with van der Waals surface area (Å²) in [6.45, 7) is 4.19. The van der Waals surface area contributed by atoms with Gasteiger partial charge in [0.15, 0.2) is 0 Å². The number of amides is 2. The lowest BCUT2D eigenvalue weighted by Crippen LogP contribution is -2.36. The molecular formula is C21H20FN3O. The second kappa shape index (κ2) is 6.33. The first-order valence-electron chi connectivity index (χ1n) is 8.64. The predicted molar refractivity (Wildman–Crippen MR) is 99.9 cm³/mol. The van der Waals surface area contributed by atoms with E-state index in [9.17, 15) is 9.18 Å². The van der Waals surface area contributed by atoms with Crippen LogP contribution in [0.1, 0.15) is 29.8 Å². The fourth-order valence-corrected chi connectivity index (χ4v) is 3.43. The highest BCUT2D eigenvalue weighted by Crippen LogP contribution is 2.32. The van der Waals surface area contributed by atoms with Crippen molar-refractivity contribution in [2.24, 2.45) is 0 Å². The molecule has 0 spiro atoms. The molecule has 0 bridgehead atoms. The van der Waals surface area contributed by atoms with Gasteiger partial charge in [-0.1, -0.05) is 24.3 Å². The van der Waals surface area contributed by atoms with E-state index >= 15 is 0 Å². The van der Waals surface area contributed by atoms with Crippen LogP contribution < -0.4 is 5.32 Å². The average molecular weight is 349 g/mol. The molecule has 1 aliphatic heterocycles. The number of nitrogens with one attached hydrogen (secondary N) is 1. The monoisotopic (exact) mass is 349 g/mol. The lowest BCUT2D eigenvalue weighted by Gasteiger charge is -2.27. The first-order valence-corrected chi connectivity index (χ1v) is 8.64. The Balaban J connectivity index is 1.68. The van der Waals surface area contributed by atoms with Crippen LogP contribution >= 0.6 is 0 Å². The maximum Gasteiger partial charge on any atom is 0.322 e. The Morgan fingerprint density at radius 1 is 1.15 bits per heavy atom. The number of carbonyl (C=O) groups excluding carboxylic acids is 1. The third-order valence-electron chi connectivity index (χ3n) is 4.95. The van der Waals surface area contributed by atoms with E-state index in [2.05, 4.69) is 16.0 Å². The predicted octanol–water partition coefficient (Wildman–Crippen LogP) is 5.03.